The summed E-state index contributed by atoms with van der Waals surface area (Å²) in [6, 6.07) is 0. The van der Waals surface area contributed by atoms with Crippen LogP contribution in [-0.2, 0) is 0 Å². The highest BCUT2D eigenvalue weighted by atomic mass is 14.1. The molecular weight excluding hydrogens is 324 g/mol. The molecule has 0 bridgehead atoms. The van der Waals surface area contributed by atoms with Crippen molar-refractivity contribution in [2.45, 2.75) is 168 Å². The summed E-state index contributed by atoms with van der Waals surface area (Å²) in [5.41, 5.74) is 0. The Balaban J connectivity index is 3.03. The third-order valence-corrected chi connectivity index (χ3v) is 6.35. The number of rotatable bonds is 23. The maximum Gasteiger partial charge on any atom is -0.0443 e. The van der Waals surface area contributed by atoms with Crippen LogP contribution < -0.4 is 0 Å². The lowest BCUT2D eigenvalue weighted by Gasteiger charge is -2.10. The Bertz CT molecular complexity index is 244. The lowest BCUT2D eigenvalue weighted by molar-refractivity contribution is 0.440. The first-order valence-electron chi connectivity index (χ1n) is 13.3. The summed E-state index contributed by atoms with van der Waals surface area (Å²) < 4.78 is 0. The SMILES string of the molecule is CCCCCCCCCCCCCCCCCCCCCC(C)CCCC. The van der Waals surface area contributed by atoms with Gasteiger partial charge in [0.25, 0.3) is 0 Å². The van der Waals surface area contributed by atoms with E-state index < -0.39 is 0 Å². The highest BCUT2D eigenvalue weighted by Gasteiger charge is 2.01. The number of unbranched alkanes of at least 4 members (excludes halogenated alkanes) is 19. The van der Waals surface area contributed by atoms with Gasteiger partial charge in [0, 0.05) is 0 Å². The molecule has 0 radical (unpaired) electrons. The number of hydrogen-bond acceptors (Lipinski definition) is 0. The molecule has 0 aliphatic heterocycles. The first-order valence-corrected chi connectivity index (χ1v) is 13.3. The van der Waals surface area contributed by atoms with Gasteiger partial charge in [-0.15, -0.1) is 0 Å². The molecule has 0 amide bonds. The van der Waals surface area contributed by atoms with Crippen molar-refractivity contribution in [3.05, 3.63) is 0 Å². The molecule has 0 fully saturated rings. The predicted molar refractivity (Wildman–Crippen MR) is 127 cm³/mol. The first kappa shape index (κ1) is 27.0. The molecule has 0 aromatic rings. The van der Waals surface area contributed by atoms with Gasteiger partial charge >= 0.3 is 0 Å². The second kappa shape index (κ2) is 24.0. The highest BCUT2D eigenvalue weighted by molar-refractivity contribution is 4.55. The van der Waals surface area contributed by atoms with Crippen LogP contribution in [0.3, 0.4) is 0 Å². The van der Waals surface area contributed by atoms with Gasteiger partial charge in [-0.05, 0) is 5.92 Å². The van der Waals surface area contributed by atoms with Crippen LogP contribution >= 0.6 is 0 Å². The topological polar surface area (TPSA) is 0 Å². The molecule has 1 atom stereocenters. The first-order chi connectivity index (χ1) is 13.3. The summed E-state index contributed by atoms with van der Waals surface area (Å²) in [7, 11) is 0. The monoisotopic (exact) mass is 380 g/mol. The molecule has 0 saturated heterocycles. The Hall–Kier alpha value is 0. The summed E-state index contributed by atoms with van der Waals surface area (Å²) in [6.45, 7) is 7.06. The zero-order chi connectivity index (χ0) is 19.8. The molecule has 0 aliphatic rings. The van der Waals surface area contributed by atoms with E-state index in [-0.39, 0.29) is 0 Å². The molecule has 0 aromatic carbocycles. The van der Waals surface area contributed by atoms with Crippen molar-refractivity contribution in [3.8, 4) is 0 Å². The van der Waals surface area contributed by atoms with Crippen LogP contribution in [0.1, 0.15) is 168 Å². The van der Waals surface area contributed by atoms with E-state index >= 15 is 0 Å². The predicted octanol–water partition coefficient (Wildman–Crippen LogP) is 10.6. The van der Waals surface area contributed by atoms with Crippen LogP contribution in [0.2, 0.25) is 0 Å². The average molecular weight is 381 g/mol. The molecule has 0 spiro atoms. The third-order valence-electron chi connectivity index (χ3n) is 6.35. The molecular formula is C27H56. The van der Waals surface area contributed by atoms with Crippen LogP contribution in [-0.4, -0.2) is 0 Å². The molecule has 0 N–H and O–H groups in total. The van der Waals surface area contributed by atoms with Crippen LogP contribution in [0.4, 0.5) is 0 Å². The van der Waals surface area contributed by atoms with Crippen molar-refractivity contribution < 1.29 is 0 Å². The zero-order valence-corrected chi connectivity index (χ0v) is 19.8. The van der Waals surface area contributed by atoms with Crippen LogP contribution in [0.15, 0.2) is 0 Å². The molecule has 0 nitrogen and oxygen atoms in total. The second-order valence-electron chi connectivity index (χ2n) is 9.40. The Labute approximate surface area is 174 Å². The Morgan fingerprint density at radius 1 is 0.333 bits per heavy atom. The largest absolute Gasteiger partial charge is 0.0654 e. The van der Waals surface area contributed by atoms with E-state index in [1.54, 1.807) is 0 Å². The maximum atomic E-state index is 2.45. The van der Waals surface area contributed by atoms with Crippen molar-refractivity contribution in [3.63, 3.8) is 0 Å². The van der Waals surface area contributed by atoms with Crippen LogP contribution in [0.5, 0.6) is 0 Å². The maximum absolute atomic E-state index is 2.45. The summed E-state index contributed by atoms with van der Waals surface area (Å²) in [5.74, 6) is 0.968. The summed E-state index contributed by atoms with van der Waals surface area (Å²) in [4.78, 5) is 0. The minimum atomic E-state index is 0.968. The fraction of sp³-hybridized carbons (Fsp3) is 1.00. The lowest BCUT2D eigenvalue weighted by Crippen LogP contribution is -1.94. The zero-order valence-electron chi connectivity index (χ0n) is 19.8. The molecule has 0 heterocycles. The van der Waals surface area contributed by atoms with Crippen LogP contribution in [0.25, 0.3) is 0 Å². The standard InChI is InChI=1S/C27H56/c1-4-6-8-9-10-11-12-13-14-15-16-17-18-19-20-21-22-23-24-26-27(3)25-7-5-2/h27H,4-26H2,1-3H3. The van der Waals surface area contributed by atoms with Crippen molar-refractivity contribution in [1.29, 1.82) is 0 Å². The highest BCUT2D eigenvalue weighted by Crippen LogP contribution is 2.18. The second-order valence-corrected chi connectivity index (χ2v) is 9.40. The van der Waals surface area contributed by atoms with Crippen molar-refractivity contribution in [1.82, 2.24) is 0 Å². The van der Waals surface area contributed by atoms with Gasteiger partial charge in [0.05, 0.1) is 0 Å². The Morgan fingerprint density at radius 3 is 0.926 bits per heavy atom. The smallest absolute Gasteiger partial charge is 0.0443 e. The van der Waals surface area contributed by atoms with Crippen LogP contribution in [0, 0.1) is 5.92 Å². The lowest BCUT2D eigenvalue weighted by atomic mass is 9.97. The summed E-state index contributed by atoms with van der Waals surface area (Å²) in [5, 5.41) is 0. The quantitative estimate of drug-likeness (QED) is 0.155. The fourth-order valence-electron chi connectivity index (χ4n) is 4.27. The van der Waals surface area contributed by atoms with Crippen molar-refractivity contribution in [2.75, 3.05) is 0 Å². The molecule has 27 heavy (non-hydrogen) atoms. The van der Waals surface area contributed by atoms with E-state index in [1.807, 2.05) is 0 Å². The molecule has 1 unspecified atom stereocenters. The van der Waals surface area contributed by atoms with Gasteiger partial charge in [0.2, 0.25) is 0 Å². The Kier molecular flexibility index (Phi) is 24.0. The normalized spacial score (nSPS) is 12.6. The molecule has 0 rings (SSSR count). The molecule has 0 aromatic heterocycles. The van der Waals surface area contributed by atoms with E-state index in [0.29, 0.717) is 0 Å². The van der Waals surface area contributed by atoms with Crippen molar-refractivity contribution in [2.24, 2.45) is 5.92 Å². The van der Waals surface area contributed by atoms with E-state index in [9.17, 15) is 0 Å². The molecule has 0 aliphatic carbocycles. The van der Waals surface area contributed by atoms with E-state index in [1.165, 1.54) is 148 Å². The minimum Gasteiger partial charge on any atom is -0.0654 e. The van der Waals surface area contributed by atoms with Gasteiger partial charge in [-0.1, -0.05) is 168 Å². The fourth-order valence-corrected chi connectivity index (χ4v) is 4.27. The van der Waals surface area contributed by atoms with Gasteiger partial charge in [0.15, 0.2) is 0 Å². The van der Waals surface area contributed by atoms with E-state index in [2.05, 4.69) is 20.8 Å². The number of hydrogen-bond donors (Lipinski definition) is 0. The third kappa shape index (κ3) is 24.0. The summed E-state index contributed by atoms with van der Waals surface area (Å²) in [6.07, 6.45) is 33.8. The van der Waals surface area contributed by atoms with Gasteiger partial charge in [-0.2, -0.15) is 0 Å². The van der Waals surface area contributed by atoms with Gasteiger partial charge in [0.1, 0.15) is 0 Å². The molecule has 164 valence electrons. The molecule has 0 heteroatoms. The van der Waals surface area contributed by atoms with Crippen molar-refractivity contribution >= 4 is 0 Å². The Morgan fingerprint density at radius 2 is 0.593 bits per heavy atom. The van der Waals surface area contributed by atoms with Gasteiger partial charge in [-0.25, -0.2) is 0 Å². The summed E-state index contributed by atoms with van der Waals surface area (Å²) >= 11 is 0. The van der Waals surface area contributed by atoms with E-state index in [0.717, 1.165) is 5.92 Å². The average Bonchev–Trinajstić information content (AvgIpc) is 2.68. The minimum absolute atomic E-state index is 0.968. The van der Waals surface area contributed by atoms with Gasteiger partial charge in [-0.3, -0.25) is 0 Å². The molecule has 0 saturated carbocycles. The van der Waals surface area contributed by atoms with Gasteiger partial charge < -0.3 is 0 Å². The van der Waals surface area contributed by atoms with E-state index in [4.69, 9.17) is 0 Å².